The molecule has 0 aromatic heterocycles. The van der Waals surface area contributed by atoms with Crippen molar-refractivity contribution < 1.29 is 0 Å². The zero-order valence-electron chi connectivity index (χ0n) is 22.5. The van der Waals surface area contributed by atoms with Gasteiger partial charge < -0.3 is 0 Å². The molecule has 1 atom stereocenters. The fraction of sp³-hybridized carbons (Fsp3) is 0.588. The van der Waals surface area contributed by atoms with Crippen molar-refractivity contribution in [3.05, 3.63) is 64.2 Å². The molecule has 0 nitrogen and oxygen atoms in total. The van der Waals surface area contributed by atoms with E-state index in [-0.39, 0.29) is 5.41 Å². The van der Waals surface area contributed by atoms with Gasteiger partial charge in [0.05, 0.1) is 0 Å². The highest BCUT2D eigenvalue weighted by atomic mass is 14.5. The molecule has 34 heavy (non-hydrogen) atoms. The number of benzene rings is 2. The first-order chi connectivity index (χ1) is 16.6. The molecule has 0 saturated carbocycles. The van der Waals surface area contributed by atoms with Gasteiger partial charge in [-0.25, -0.2) is 0 Å². The number of unbranched alkanes of at least 4 members (excludes halogenated alkanes) is 10. The van der Waals surface area contributed by atoms with Crippen molar-refractivity contribution in [2.45, 2.75) is 124 Å². The lowest BCUT2D eigenvalue weighted by molar-refractivity contribution is 0.262. The molecule has 0 spiro atoms. The van der Waals surface area contributed by atoms with Gasteiger partial charge in [-0.05, 0) is 65.5 Å². The number of hydrogen-bond donors (Lipinski definition) is 0. The molecule has 0 N–H and O–H groups in total. The van der Waals surface area contributed by atoms with Crippen LogP contribution in [0.25, 0.3) is 17.2 Å². The number of aryl methyl sites for hydroxylation is 2. The van der Waals surface area contributed by atoms with Crippen molar-refractivity contribution in [3.8, 4) is 11.1 Å². The maximum atomic E-state index is 2.69. The third kappa shape index (κ3) is 5.22. The second-order valence-corrected chi connectivity index (χ2v) is 11.4. The van der Waals surface area contributed by atoms with Gasteiger partial charge in [-0.3, -0.25) is 0 Å². The molecule has 2 aliphatic rings. The highest BCUT2D eigenvalue weighted by molar-refractivity contribution is 5.86. The summed E-state index contributed by atoms with van der Waals surface area (Å²) in [5, 5.41) is 0. The average Bonchev–Trinajstić information content (AvgIpc) is 3.17. The zero-order chi connectivity index (χ0) is 24.0. The maximum Gasteiger partial charge on any atom is 0.0199 e. The Balaban J connectivity index is 1.63. The van der Waals surface area contributed by atoms with E-state index in [9.17, 15) is 0 Å². The zero-order valence-corrected chi connectivity index (χ0v) is 22.5. The van der Waals surface area contributed by atoms with E-state index >= 15 is 0 Å². The topological polar surface area (TPSA) is 0 Å². The van der Waals surface area contributed by atoms with E-state index in [4.69, 9.17) is 0 Å². The van der Waals surface area contributed by atoms with Gasteiger partial charge in [0.1, 0.15) is 0 Å². The molecule has 1 unspecified atom stereocenters. The lowest BCUT2D eigenvalue weighted by atomic mass is 9.61. The lowest BCUT2D eigenvalue weighted by Gasteiger charge is -2.42. The molecule has 0 saturated heterocycles. The normalized spacial score (nSPS) is 17.1. The van der Waals surface area contributed by atoms with Crippen LogP contribution in [0.3, 0.4) is 0 Å². The Morgan fingerprint density at radius 2 is 1.26 bits per heavy atom. The minimum atomic E-state index is 0.282. The van der Waals surface area contributed by atoms with Gasteiger partial charge in [0.25, 0.3) is 0 Å². The minimum Gasteiger partial charge on any atom is -0.0767 e. The summed E-state index contributed by atoms with van der Waals surface area (Å²) in [4.78, 5) is 0. The molecule has 4 rings (SSSR count). The van der Waals surface area contributed by atoms with E-state index in [0.29, 0.717) is 5.92 Å². The summed E-state index contributed by atoms with van der Waals surface area (Å²) < 4.78 is 0. The summed E-state index contributed by atoms with van der Waals surface area (Å²) in [6.45, 7) is 9.22. The number of rotatable bonds is 14. The van der Waals surface area contributed by atoms with Gasteiger partial charge in [0.2, 0.25) is 0 Å². The summed E-state index contributed by atoms with van der Waals surface area (Å²) in [7, 11) is 0. The van der Waals surface area contributed by atoms with E-state index in [2.05, 4.69) is 70.2 Å². The molecule has 0 amide bonds. The molecule has 0 heterocycles. The third-order valence-corrected chi connectivity index (χ3v) is 8.75. The standard InChI is InChI=1S/C34H48/c1-5-7-9-11-13-15-22-34(23-16-14-12-10-8-6-2)24-21-28-27(4)18-20-30-29-19-17-26(3)25-31(29)33(34)32(28)30/h17-21,24-25,33H,5-16,22-23H2,1-4H3. The van der Waals surface area contributed by atoms with Crippen LogP contribution in [0.4, 0.5) is 0 Å². The predicted molar refractivity (Wildman–Crippen MR) is 151 cm³/mol. The second kappa shape index (κ2) is 11.7. The van der Waals surface area contributed by atoms with Gasteiger partial charge >= 0.3 is 0 Å². The molecule has 0 radical (unpaired) electrons. The van der Waals surface area contributed by atoms with Crippen molar-refractivity contribution in [2.24, 2.45) is 5.41 Å². The molecule has 2 aromatic carbocycles. The highest BCUT2D eigenvalue weighted by Gasteiger charge is 2.46. The molecular weight excluding hydrogens is 408 g/mol. The molecule has 0 aliphatic heterocycles. The summed E-state index contributed by atoms with van der Waals surface area (Å²) in [5.41, 5.74) is 10.9. The van der Waals surface area contributed by atoms with Crippen LogP contribution in [0.2, 0.25) is 0 Å². The van der Waals surface area contributed by atoms with Gasteiger partial charge in [0, 0.05) is 5.92 Å². The summed E-state index contributed by atoms with van der Waals surface area (Å²) in [5.74, 6) is 0.545. The fourth-order valence-electron chi connectivity index (χ4n) is 6.83. The van der Waals surface area contributed by atoms with Crippen LogP contribution in [0.15, 0.2) is 36.4 Å². The minimum absolute atomic E-state index is 0.282. The van der Waals surface area contributed by atoms with Crippen molar-refractivity contribution in [3.63, 3.8) is 0 Å². The van der Waals surface area contributed by atoms with Crippen molar-refractivity contribution in [2.75, 3.05) is 0 Å². The van der Waals surface area contributed by atoms with E-state index in [1.165, 1.54) is 118 Å². The summed E-state index contributed by atoms with van der Waals surface area (Å²) in [6.07, 6.45) is 24.5. The van der Waals surface area contributed by atoms with Gasteiger partial charge in [-0.15, -0.1) is 0 Å². The van der Waals surface area contributed by atoms with Crippen LogP contribution in [-0.4, -0.2) is 0 Å². The van der Waals surface area contributed by atoms with Crippen LogP contribution >= 0.6 is 0 Å². The van der Waals surface area contributed by atoms with E-state index in [0.717, 1.165) is 0 Å². The number of allylic oxidation sites excluding steroid dienone is 1. The van der Waals surface area contributed by atoms with Crippen LogP contribution in [0.5, 0.6) is 0 Å². The van der Waals surface area contributed by atoms with Crippen molar-refractivity contribution >= 4 is 6.08 Å². The SMILES string of the molecule is CCCCCCCCC1(CCCCCCCC)C=Cc2c(C)ccc3c2C1c1cc(C)ccc1-3. The molecule has 2 aliphatic carbocycles. The van der Waals surface area contributed by atoms with Crippen LogP contribution in [0.1, 0.15) is 137 Å². The maximum absolute atomic E-state index is 2.69. The lowest BCUT2D eigenvalue weighted by Crippen LogP contribution is -2.30. The quantitative estimate of drug-likeness (QED) is 0.248. The number of hydrogen-bond acceptors (Lipinski definition) is 0. The highest BCUT2D eigenvalue weighted by Crippen LogP contribution is 2.60. The monoisotopic (exact) mass is 456 g/mol. The average molecular weight is 457 g/mol. The van der Waals surface area contributed by atoms with Gasteiger partial charge in [0.15, 0.2) is 0 Å². The summed E-state index contributed by atoms with van der Waals surface area (Å²) >= 11 is 0. The number of fused-ring (bicyclic) bond motifs is 3. The first-order valence-corrected chi connectivity index (χ1v) is 14.5. The molecule has 2 aromatic rings. The second-order valence-electron chi connectivity index (χ2n) is 11.4. The van der Waals surface area contributed by atoms with Gasteiger partial charge in [-0.2, -0.15) is 0 Å². The molecule has 0 bridgehead atoms. The Hall–Kier alpha value is -1.82. The van der Waals surface area contributed by atoms with E-state index in [1.807, 2.05) is 0 Å². The Morgan fingerprint density at radius 1 is 0.676 bits per heavy atom. The van der Waals surface area contributed by atoms with Crippen LogP contribution < -0.4 is 0 Å². The predicted octanol–water partition coefficient (Wildman–Crippen LogP) is 10.9. The summed E-state index contributed by atoms with van der Waals surface area (Å²) in [6, 6.07) is 12.0. The Morgan fingerprint density at radius 3 is 1.91 bits per heavy atom. The molecule has 184 valence electrons. The first-order valence-electron chi connectivity index (χ1n) is 14.5. The molecule has 0 heteroatoms. The molecule has 0 fully saturated rings. The van der Waals surface area contributed by atoms with Crippen molar-refractivity contribution in [1.29, 1.82) is 0 Å². The Bertz CT molecular complexity index is 960. The van der Waals surface area contributed by atoms with Crippen molar-refractivity contribution in [1.82, 2.24) is 0 Å². The fourth-order valence-corrected chi connectivity index (χ4v) is 6.83. The first kappa shape index (κ1) is 25.3. The van der Waals surface area contributed by atoms with Crippen LogP contribution in [-0.2, 0) is 0 Å². The smallest absolute Gasteiger partial charge is 0.0199 e. The Labute approximate surface area is 210 Å². The van der Waals surface area contributed by atoms with E-state index in [1.54, 1.807) is 11.1 Å². The Kier molecular flexibility index (Phi) is 8.73. The van der Waals surface area contributed by atoms with Gasteiger partial charge in [-0.1, -0.05) is 139 Å². The van der Waals surface area contributed by atoms with Crippen LogP contribution in [0, 0.1) is 19.3 Å². The molecular formula is C34H48. The third-order valence-electron chi connectivity index (χ3n) is 8.75. The van der Waals surface area contributed by atoms with E-state index < -0.39 is 0 Å². The largest absolute Gasteiger partial charge is 0.0767 e.